The zero-order valence-electron chi connectivity index (χ0n) is 11.3. The fraction of sp³-hybridized carbons (Fsp3) is 0.800. The zero-order valence-corrected chi connectivity index (χ0v) is 11.3. The Morgan fingerprint density at radius 3 is 2.76 bits per heavy atom. The summed E-state index contributed by atoms with van der Waals surface area (Å²) in [6.45, 7) is 6.81. The van der Waals surface area contributed by atoms with Gasteiger partial charge in [0.2, 0.25) is 0 Å². The Labute approximate surface area is 104 Å². The van der Waals surface area contributed by atoms with Gasteiger partial charge in [0.1, 0.15) is 0 Å². The Morgan fingerprint density at radius 2 is 2.06 bits per heavy atom. The van der Waals surface area contributed by atoms with Gasteiger partial charge in [-0.1, -0.05) is 25.0 Å². The molecular formula is C15H24O2. The second-order valence-corrected chi connectivity index (χ2v) is 6.15. The second kappa shape index (κ2) is 4.83. The van der Waals surface area contributed by atoms with Crippen LogP contribution >= 0.6 is 0 Å². The smallest absolute Gasteiger partial charge is 0.302 e. The number of carbonyl (C=O) groups excluding carboxylic acids is 1. The maximum Gasteiger partial charge on any atom is 0.302 e. The van der Waals surface area contributed by atoms with Crippen LogP contribution in [0.4, 0.5) is 0 Å². The van der Waals surface area contributed by atoms with Crippen molar-refractivity contribution >= 4 is 5.97 Å². The molecule has 0 aromatic heterocycles. The highest BCUT2D eigenvalue weighted by molar-refractivity contribution is 5.65. The first-order chi connectivity index (χ1) is 8.00. The molecule has 2 rings (SSSR count). The topological polar surface area (TPSA) is 26.3 Å². The van der Waals surface area contributed by atoms with Crippen LogP contribution in [0.2, 0.25) is 0 Å². The third-order valence-electron chi connectivity index (χ3n) is 4.32. The molecule has 0 radical (unpaired) electrons. The SMILES string of the molecule is CC(=O)OCC1CCCC2=C1C(C)(C)CCC2. The van der Waals surface area contributed by atoms with Crippen molar-refractivity contribution in [2.45, 2.75) is 59.3 Å². The van der Waals surface area contributed by atoms with Gasteiger partial charge in [-0.15, -0.1) is 0 Å². The molecule has 17 heavy (non-hydrogen) atoms. The summed E-state index contributed by atoms with van der Waals surface area (Å²) in [5, 5.41) is 0. The van der Waals surface area contributed by atoms with Gasteiger partial charge < -0.3 is 4.74 Å². The van der Waals surface area contributed by atoms with Crippen molar-refractivity contribution in [2.75, 3.05) is 6.61 Å². The van der Waals surface area contributed by atoms with Crippen LogP contribution in [0.5, 0.6) is 0 Å². The molecule has 0 saturated heterocycles. The molecule has 0 aliphatic heterocycles. The lowest BCUT2D eigenvalue weighted by atomic mass is 9.64. The molecule has 0 heterocycles. The average Bonchev–Trinajstić information content (AvgIpc) is 2.25. The van der Waals surface area contributed by atoms with E-state index in [4.69, 9.17) is 4.74 Å². The summed E-state index contributed by atoms with van der Waals surface area (Å²) in [6.07, 6.45) is 7.61. The fourth-order valence-electron chi connectivity index (χ4n) is 3.68. The van der Waals surface area contributed by atoms with Crippen molar-refractivity contribution in [3.8, 4) is 0 Å². The van der Waals surface area contributed by atoms with Crippen molar-refractivity contribution in [1.29, 1.82) is 0 Å². The summed E-state index contributed by atoms with van der Waals surface area (Å²) in [6, 6.07) is 0. The predicted octanol–water partition coefficient (Wildman–Crippen LogP) is 3.86. The van der Waals surface area contributed by atoms with Gasteiger partial charge in [0.15, 0.2) is 0 Å². The van der Waals surface area contributed by atoms with E-state index in [0.29, 0.717) is 17.9 Å². The van der Waals surface area contributed by atoms with E-state index in [-0.39, 0.29) is 5.97 Å². The molecule has 0 aromatic carbocycles. The van der Waals surface area contributed by atoms with E-state index in [2.05, 4.69) is 13.8 Å². The molecular weight excluding hydrogens is 212 g/mol. The van der Waals surface area contributed by atoms with Crippen molar-refractivity contribution in [3.05, 3.63) is 11.1 Å². The molecule has 1 atom stereocenters. The van der Waals surface area contributed by atoms with Crippen molar-refractivity contribution in [3.63, 3.8) is 0 Å². The van der Waals surface area contributed by atoms with E-state index < -0.39 is 0 Å². The van der Waals surface area contributed by atoms with Crippen LogP contribution < -0.4 is 0 Å². The van der Waals surface area contributed by atoms with E-state index in [9.17, 15) is 4.79 Å². The van der Waals surface area contributed by atoms with E-state index in [1.807, 2.05) is 0 Å². The van der Waals surface area contributed by atoms with E-state index >= 15 is 0 Å². The third-order valence-corrected chi connectivity index (χ3v) is 4.32. The van der Waals surface area contributed by atoms with Crippen LogP contribution in [-0.4, -0.2) is 12.6 Å². The summed E-state index contributed by atoms with van der Waals surface area (Å²) >= 11 is 0. The minimum absolute atomic E-state index is 0.147. The van der Waals surface area contributed by atoms with Crippen LogP contribution in [0, 0.1) is 11.3 Å². The molecule has 0 N–H and O–H groups in total. The fourth-order valence-corrected chi connectivity index (χ4v) is 3.68. The Hall–Kier alpha value is -0.790. The Bertz CT molecular complexity index is 335. The molecule has 0 fully saturated rings. The lowest BCUT2D eigenvalue weighted by molar-refractivity contribution is -0.142. The van der Waals surface area contributed by atoms with Gasteiger partial charge in [0.05, 0.1) is 6.61 Å². The number of rotatable bonds is 2. The first-order valence-electron chi connectivity index (χ1n) is 6.86. The van der Waals surface area contributed by atoms with Crippen LogP contribution in [0.3, 0.4) is 0 Å². The maximum absolute atomic E-state index is 11.0. The molecule has 0 bridgehead atoms. The maximum atomic E-state index is 11.0. The largest absolute Gasteiger partial charge is 0.465 e. The molecule has 0 saturated carbocycles. The summed E-state index contributed by atoms with van der Waals surface area (Å²) in [5.74, 6) is 0.337. The van der Waals surface area contributed by atoms with Crippen molar-refractivity contribution < 1.29 is 9.53 Å². The monoisotopic (exact) mass is 236 g/mol. The van der Waals surface area contributed by atoms with Crippen LogP contribution in [-0.2, 0) is 9.53 Å². The molecule has 2 nitrogen and oxygen atoms in total. The minimum atomic E-state index is -0.147. The minimum Gasteiger partial charge on any atom is -0.465 e. The quantitative estimate of drug-likeness (QED) is 0.537. The Balaban J connectivity index is 2.18. The molecule has 2 aliphatic rings. The standard InChI is InChI=1S/C15H24O2/c1-11(16)17-10-13-7-4-6-12-8-5-9-15(2,3)14(12)13/h13H,4-10H2,1-3H3. The van der Waals surface area contributed by atoms with Crippen molar-refractivity contribution in [1.82, 2.24) is 0 Å². The summed E-state index contributed by atoms with van der Waals surface area (Å²) < 4.78 is 5.25. The van der Waals surface area contributed by atoms with Gasteiger partial charge in [0.25, 0.3) is 0 Å². The highest BCUT2D eigenvalue weighted by Crippen LogP contribution is 2.48. The highest BCUT2D eigenvalue weighted by Gasteiger charge is 2.36. The zero-order chi connectivity index (χ0) is 12.5. The number of esters is 1. The van der Waals surface area contributed by atoms with Gasteiger partial charge in [-0.25, -0.2) is 0 Å². The first-order valence-corrected chi connectivity index (χ1v) is 6.86. The Morgan fingerprint density at radius 1 is 1.35 bits per heavy atom. The molecule has 1 unspecified atom stereocenters. The molecule has 2 aliphatic carbocycles. The van der Waals surface area contributed by atoms with Crippen LogP contribution in [0.25, 0.3) is 0 Å². The third kappa shape index (κ3) is 2.72. The Kier molecular flexibility index (Phi) is 3.60. The predicted molar refractivity (Wildman–Crippen MR) is 68.6 cm³/mol. The molecule has 0 amide bonds. The first kappa shape index (κ1) is 12.7. The van der Waals surface area contributed by atoms with Crippen LogP contribution in [0.1, 0.15) is 59.3 Å². The van der Waals surface area contributed by atoms with Crippen molar-refractivity contribution in [2.24, 2.45) is 11.3 Å². The summed E-state index contributed by atoms with van der Waals surface area (Å²) in [5.41, 5.74) is 3.61. The number of hydrogen-bond acceptors (Lipinski definition) is 2. The van der Waals surface area contributed by atoms with Gasteiger partial charge in [0, 0.05) is 12.8 Å². The second-order valence-electron chi connectivity index (χ2n) is 6.15. The van der Waals surface area contributed by atoms with Crippen LogP contribution in [0.15, 0.2) is 11.1 Å². The average molecular weight is 236 g/mol. The molecule has 0 spiro atoms. The summed E-state index contributed by atoms with van der Waals surface area (Å²) in [4.78, 5) is 11.0. The van der Waals surface area contributed by atoms with Gasteiger partial charge in [-0.3, -0.25) is 4.79 Å². The lowest BCUT2D eigenvalue weighted by Gasteiger charge is -2.42. The van der Waals surface area contributed by atoms with E-state index in [1.54, 1.807) is 11.1 Å². The molecule has 2 heteroatoms. The van der Waals surface area contributed by atoms with E-state index in [1.165, 1.54) is 45.4 Å². The normalized spacial score (nSPS) is 27.6. The van der Waals surface area contributed by atoms with Gasteiger partial charge in [-0.2, -0.15) is 0 Å². The number of allylic oxidation sites excluding steroid dienone is 1. The molecule has 0 aromatic rings. The van der Waals surface area contributed by atoms with E-state index in [0.717, 1.165) is 0 Å². The lowest BCUT2D eigenvalue weighted by Crippen LogP contribution is -2.31. The number of ether oxygens (including phenoxy) is 1. The summed E-state index contributed by atoms with van der Waals surface area (Å²) in [7, 11) is 0. The molecule has 96 valence electrons. The number of hydrogen-bond donors (Lipinski definition) is 0. The number of carbonyl (C=O) groups is 1. The highest BCUT2D eigenvalue weighted by atomic mass is 16.5. The van der Waals surface area contributed by atoms with Gasteiger partial charge in [-0.05, 0) is 43.9 Å². The van der Waals surface area contributed by atoms with Gasteiger partial charge >= 0.3 is 5.97 Å².